The number of benzene rings is 2. The number of hydrogen-bond acceptors (Lipinski definition) is 3. The Bertz CT molecular complexity index is 1130. The van der Waals surface area contributed by atoms with Gasteiger partial charge in [0.05, 0.1) is 35.3 Å². The second-order valence-electron chi connectivity index (χ2n) is 10.1. The van der Waals surface area contributed by atoms with Gasteiger partial charge in [-0.1, -0.05) is 36.4 Å². The summed E-state index contributed by atoms with van der Waals surface area (Å²) in [6, 6.07) is 10.4. The molecule has 1 N–H and O–H groups in total. The fourth-order valence-electron chi connectivity index (χ4n) is 5.35. The molecular weight excluding hydrogens is 512 g/mol. The van der Waals surface area contributed by atoms with Crippen LogP contribution in [0.3, 0.4) is 0 Å². The molecule has 1 aliphatic heterocycles. The van der Waals surface area contributed by atoms with Crippen molar-refractivity contribution in [3.8, 4) is 0 Å². The van der Waals surface area contributed by atoms with Crippen molar-refractivity contribution in [2.45, 2.75) is 68.1 Å². The standard InChI is InChI=1S/C28H29F6NO3/c1-3-9-24(2,20-16-21(27(29,30)31)18-22(17-20)28(32,33)34)23(36)35-25(19-7-5-4-6-8-19)10-12-26(13-11-25)37-14-15-38-26/h3-8,16-18H,1,9-15H2,2H3,(H,35,36)/t24-/m0/s1. The average Bonchev–Trinajstić information content (AvgIpc) is 3.33. The average molecular weight is 542 g/mol. The number of amides is 1. The quantitative estimate of drug-likeness (QED) is 0.320. The lowest BCUT2D eigenvalue weighted by molar-refractivity contribution is -0.188. The van der Waals surface area contributed by atoms with Crippen LogP contribution in [0.5, 0.6) is 0 Å². The highest BCUT2D eigenvalue weighted by molar-refractivity contribution is 5.89. The van der Waals surface area contributed by atoms with Gasteiger partial charge in [-0.15, -0.1) is 6.58 Å². The fourth-order valence-corrected chi connectivity index (χ4v) is 5.35. The van der Waals surface area contributed by atoms with Gasteiger partial charge in [-0.2, -0.15) is 26.3 Å². The summed E-state index contributed by atoms with van der Waals surface area (Å²) < 4.78 is 93.2. The van der Waals surface area contributed by atoms with Crippen molar-refractivity contribution in [3.63, 3.8) is 0 Å². The van der Waals surface area contributed by atoms with Crippen LogP contribution in [0.25, 0.3) is 0 Å². The first-order valence-corrected chi connectivity index (χ1v) is 12.3. The molecule has 4 nitrogen and oxygen atoms in total. The van der Waals surface area contributed by atoms with E-state index in [9.17, 15) is 31.1 Å². The maximum Gasteiger partial charge on any atom is 0.416 e. The smallest absolute Gasteiger partial charge is 0.348 e. The van der Waals surface area contributed by atoms with Crippen molar-refractivity contribution in [3.05, 3.63) is 83.4 Å². The number of carbonyl (C=O) groups excluding carboxylic acids is 1. The number of carbonyl (C=O) groups is 1. The summed E-state index contributed by atoms with van der Waals surface area (Å²) in [6.07, 6.45) is -7.20. The summed E-state index contributed by atoms with van der Waals surface area (Å²) in [7, 11) is 0. The van der Waals surface area contributed by atoms with Gasteiger partial charge >= 0.3 is 12.4 Å². The van der Waals surface area contributed by atoms with Crippen molar-refractivity contribution >= 4 is 5.91 Å². The predicted octanol–water partition coefficient (Wildman–Crippen LogP) is 6.89. The summed E-state index contributed by atoms with van der Waals surface area (Å²) in [6.45, 7) is 5.86. The zero-order valence-electron chi connectivity index (χ0n) is 20.8. The van der Waals surface area contributed by atoms with E-state index in [4.69, 9.17) is 9.47 Å². The van der Waals surface area contributed by atoms with Crippen LogP contribution < -0.4 is 5.32 Å². The first-order valence-electron chi connectivity index (χ1n) is 12.3. The Hall–Kier alpha value is -2.85. The molecule has 1 saturated carbocycles. The van der Waals surface area contributed by atoms with Crippen molar-refractivity contribution < 1.29 is 40.6 Å². The molecule has 2 aliphatic rings. The molecule has 1 atom stereocenters. The molecule has 1 spiro atoms. The van der Waals surface area contributed by atoms with Gasteiger partial charge in [0.1, 0.15) is 0 Å². The minimum absolute atomic E-state index is 0.0589. The van der Waals surface area contributed by atoms with E-state index in [0.717, 1.165) is 5.56 Å². The Morgan fingerprint density at radius 3 is 1.87 bits per heavy atom. The van der Waals surface area contributed by atoms with E-state index in [1.165, 1.54) is 13.0 Å². The number of alkyl halides is 6. The lowest BCUT2D eigenvalue weighted by Gasteiger charge is -2.46. The van der Waals surface area contributed by atoms with Crippen molar-refractivity contribution in [2.75, 3.05) is 13.2 Å². The van der Waals surface area contributed by atoms with Crippen molar-refractivity contribution in [2.24, 2.45) is 0 Å². The lowest BCUT2D eigenvalue weighted by Crippen LogP contribution is -2.56. The van der Waals surface area contributed by atoms with E-state index >= 15 is 0 Å². The number of halogens is 6. The summed E-state index contributed by atoms with van der Waals surface area (Å²) in [5.74, 6) is -1.45. The Morgan fingerprint density at radius 2 is 1.39 bits per heavy atom. The third-order valence-corrected chi connectivity index (χ3v) is 7.64. The molecule has 0 radical (unpaired) electrons. The molecule has 10 heteroatoms. The first kappa shape index (κ1) is 28.2. The maximum atomic E-state index is 14.0. The van der Waals surface area contributed by atoms with Gasteiger partial charge in [0.15, 0.2) is 5.79 Å². The zero-order valence-corrected chi connectivity index (χ0v) is 20.8. The second kappa shape index (κ2) is 10.0. The zero-order chi connectivity index (χ0) is 27.8. The molecule has 0 bridgehead atoms. The molecule has 4 rings (SSSR count). The molecule has 1 heterocycles. The fraction of sp³-hybridized carbons (Fsp3) is 0.464. The third kappa shape index (κ3) is 5.47. The molecule has 2 aromatic rings. The van der Waals surface area contributed by atoms with Crippen LogP contribution in [0.4, 0.5) is 26.3 Å². The summed E-state index contributed by atoms with van der Waals surface area (Å²) >= 11 is 0. The van der Waals surface area contributed by atoms with Crippen LogP contribution in [-0.4, -0.2) is 24.9 Å². The Balaban J connectivity index is 1.75. The molecule has 0 unspecified atom stereocenters. The molecule has 2 aromatic carbocycles. The van der Waals surface area contributed by atoms with Gasteiger partial charge in [0.2, 0.25) is 5.91 Å². The summed E-state index contributed by atoms with van der Waals surface area (Å²) in [4.78, 5) is 14.0. The minimum Gasteiger partial charge on any atom is -0.348 e. The van der Waals surface area contributed by atoms with E-state index in [1.54, 1.807) is 0 Å². The van der Waals surface area contributed by atoms with Crippen LogP contribution in [0.1, 0.15) is 61.3 Å². The van der Waals surface area contributed by atoms with E-state index in [0.29, 0.717) is 51.0 Å². The molecule has 206 valence electrons. The highest BCUT2D eigenvalue weighted by Gasteiger charge is 2.50. The van der Waals surface area contributed by atoms with E-state index in [1.807, 2.05) is 30.3 Å². The first-order chi connectivity index (χ1) is 17.7. The molecule has 1 amide bonds. The predicted molar refractivity (Wildman–Crippen MR) is 128 cm³/mol. The molecule has 2 fully saturated rings. The van der Waals surface area contributed by atoms with Crippen LogP contribution in [0.2, 0.25) is 0 Å². The topological polar surface area (TPSA) is 47.6 Å². The van der Waals surface area contributed by atoms with Crippen LogP contribution in [-0.2, 0) is 37.6 Å². The van der Waals surface area contributed by atoms with Gasteiger partial charge in [-0.25, -0.2) is 0 Å². The van der Waals surface area contributed by atoms with Gasteiger partial charge < -0.3 is 14.8 Å². The highest BCUT2D eigenvalue weighted by atomic mass is 19.4. The van der Waals surface area contributed by atoms with Crippen molar-refractivity contribution in [1.29, 1.82) is 0 Å². The number of nitrogens with one attached hydrogen (secondary N) is 1. The van der Waals surface area contributed by atoms with Crippen LogP contribution in [0.15, 0.2) is 61.2 Å². The number of rotatable bonds is 6. The summed E-state index contributed by atoms with van der Waals surface area (Å²) in [5.41, 5.74) is -5.25. The largest absolute Gasteiger partial charge is 0.416 e. The molecule has 38 heavy (non-hydrogen) atoms. The molecule has 1 aliphatic carbocycles. The van der Waals surface area contributed by atoms with Crippen LogP contribution in [0, 0.1) is 0 Å². The molecule has 0 aromatic heterocycles. The SMILES string of the molecule is C=CC[C@](C)(C(=O)NC1(c2ccccc2)CCC2(CC1)OCCO2)c1cc(C(F)(F)F)cc(C(F)(F)F)c1. The van der Waals surface area contributed by atoms with Crippen molar-refractivity contribution in [1.82, 2.24) is 5.32 Å². The van der Waals surface area contributed by atoms with E-state index in [-0.39, 0.29) is 12.5 Å². The van der Waals surface area contributed by atoms with Crippen LogP contribution >= 0.6 is 0 Å². The highest BCUT2D eigenvalue weighted by Crippen LogP contribution is 2.46. The minimum atomic E-state index is -5.04. The number of hydrogen-bond donors (Lipinski definition) is 1. The Kier molecular flexibility index (Phi) is 7.44. The number of allylic oxidation sites excluding steroid dienone is 1. The van der Waals surface area contributed by atoms with Gasteiger partial charge in [0.25, 0.3) is 0 Å². The Morgan fingerprint density at radius 1 is 0.895 bits per heavy atom. The molecule has 1 saturated heterocycles. The van der Waals surface area contributed by atoms with Gasteiger partial charge in [-0.3, -0.25) is 4.79 Å². The second-order valence-corrected chi connectivity index (χ2v) is 10.1. The van der Waals surface area contributed by atoms with Gasteiger partial charge in [0, 0.05) is 12.8 Å². The van der Waals surface area contributed by atoms with E-state index < -0.39 is 51.7 Å². The molecular formula is C28H29F6NO3. The lowest BCUT2D eigenvalue weighted by atomic mass is 9.72. The maximum absolute atomic E-state index is 14.0. The third-order valence-electron chi connectivity index (χ3n) is 7.64. The number of ether oxygens (including phenoxy) is 2. The van der Waals surface area contributed by atoms with Gasteiger partial charge in [-0.05, 0) is 55.5 Å². The normalized spacial score (nSPS) is 20.6. The monoisotopic (exact) mass is 541 g/mol. The van der Waals surface area contributed by atoms with E-state index in [2.05, 4.69) is 11.9 Å². The summed E-state index contributed by atoms with van der Waals surface area (Å²) in [5, 5.41) is 3.04. The Labute approximate surface area is 217 Å².